The highest BCUT2D eigenvalue weighted by molar-refractivity contribution is 5.87. The molecule has 0 bridgehead atoms. The molecule has 0 heterocycles. The Morgan fingerprint density at radius 3 is 2.38 bits per heavy atom. The first-order chi connectivity index (χ1) is 7.47. The van der Waals surface area contributed by atoms with Gasteiger partial charge in [-0.15, -0.1) is 0 Å². The zero-order valence-corrected chi connectivity index (χ0v) is 9.81. The van der Waals surface area contributed by atoms with Crippen molar-refractivity contribution in [1.82, 2.24) is 0 Å². The van der Waals surface area contributed by atoms with E-state index in [1.807, 2.05) is 0 Å². The van der Waals surface area contributed by atoms with Crippen molar-refractivity contribution in [3.8, 4) is 0 Å². The third kappa shape index (κ3) is 7.36. The number of unbranched alkanes of at least 4 members (excludes halogenated alkanes) is 1. The molecule has 1 atom stereocenters. The van der Waals surface area contributed by atoms with Gasteiger partial charge in [-0.3, -0.25) is 4.79 Å². The van der Waals surface area contributed by atoms with E-state index in [0.29, 0.717) is 12.3 Å². The van der Waals surface area contributed by atoms with E-state index in [4.69, 9.17) is 10.2 Å². The number of carbonyl (C=O) groups excluding carboxylic acids is 2. The minimum absolute atomic E-state index is 0.163. The molecule has 0 fully saturated rings. The summed E-state index contributed by atoms with van der Waals surface area (Å²) < 4.78 is 4.32. The van der Waals surface area contributed by atoms with Crippen LogP contribution >= 0.6 is 0 Å². The Hall–Kier alpha value is -0.940. The Labute approximate surface area is 95.4 Å². The standard InChI is InChI=1S/C11H20O5/c1-8(2)5-3-4-6-10(14)16-11(15)9(13)7-12/h8-9,12-13H,3-7H2,1-2H3. The summed E-state index contributed by atoms with van der Waals surface area (Å²) in [5, 5.41) is 17.3. The number of aliphatic hydroxyl groups is 2. The molecule has 0 saturated heterocycles. The number of hydrogen-bond acceptors (Lipinski definition) is 5. The maximum Gasteiger partial charge on any atom is 0.345 e. The lowest BCUT2D eigenvalue weighted by molar-refractivity contribution is -0.167. The van der Waals surface area contributed by atoms with Crippen LogP contribution in [0.4, 0.5) is 0 Å². The largest absolute Gasteiger partial charge is 0.393 e. The van der Waals surface area contributed by atoms with Crippen LogP contribution < -0.4 is 0 Å². The van der Waals surface area contributed by atoms with E-state index in [-0.39, 0.29) is 6.42 Å². The molecule has 0 aliphatic heterocycles. The lowest BCUT2D eigenvalue weighted by Crippen LogP contribution is -2.28. The van der Waals surface area contributed by atoms with Gasteiger partial charge >= 0.3 is 11.9 Å². The van der Waals surface area contributed by atoms with Crippen LogP contribution in [0.2, 0.25) is 0 Å². The molecule has 0 aromatic heterocycles. The summed E-state index contributed by atoms with van der Waals surface area (Å²) in [6, 6.07) is 0. The Balaban J connectivity index is 3.63. The van der Waals surface area contributed by atoms with Crippen molar-refractivity contribution in [3.63, 3.8) is 0 Å². The number of aliphatic hydroxyl groups excluding tert-OH is 2. The van der Waals surface area contributed by atoms with Crippen molar-refractivity contribution in [2.45, 2.75) is 45.6 Å². The van der Waals surface area contributed by atoms with Gasteiger partial charge in [-0.25, -0.2) is 4.79 Å². The molecule has 0 saturated carbocycles. The van der Waals surface area contributed by atoms with Gasteiger partial charge in [0.2, 0.25) is 0 Å². The number of rotatable bonds is 7. The van der Waals surface area contributed by atoms with Gasteiger partial charge in [-0.2, -0.15) is 0 Å². The van der Waals surface area contributed by atoms with Gasteiger partial charge in [-0.1, -0.05) is 26.7 Å². The third-order valence-corrected chi connectivity index (χ3v) is 2.07. The maximum atomic E-state index is 11.1. The highest BCUT2D eigenvalue weighted by Crippen LogP contribution is 2.08. The normalized spacial score (nSPS) is 12.6. The van der Waals surface area contributed by atoms with Gasteiger partial charge in [0.15, 0.2) is 6.10 Å². The molecule has 0 aromatic rings. The van der Waals surface area contributed by atoms with Crippen molar-refractivity contribution in [1.29, 1.82) is 0 Å². The highest BCUT2D eigenvalue weighted by atomic mass is 16.6. The van der Waals surface area contributed by atoms with E-state index in [2.05, 4.69) is 18.6 Å². The van der Waals surface area contributed by atoms with Crippen LogP contribution in [0, 0.1) is 5.92 Å². The van der Waals surface area contributed by atoms with Gasteiger partial charge < -0.3 is 14.9 Å². The number of ether oxygens (including phenoxy) is 1. The van der Waals surface area contributed by atoms with Crippen LogP contribution in [0.5, 0.6) is 0 Å². The molecule has 2 N–H and O–H groups in total. The number of esters is 2. The molecule has 0 aliphatic rings. The predicted octanol–water partition coefficient (Wildman–Crippen LogP) is 0.626. The molecule has 0 aliphatic carbocycles. The minimum Gasteiger partial charge on any atom is -0.393 e. The SMILES string of the molecule is CC(C)CCCCC(=O)OC(=O)C(O)CO. The van der Waals surface area contributed by atoms with Crippen molar-refractivity contribution in [2.75, 3.05) is 6.61 Å². The van der Waals surface area contributed by atoms with Gasteiger partial charge in [0.25, 0.3) is 0 Å². The Morgan fingerprint density at radius 1 is 1.25 bits per heavy atom. The zero-order valence-electron chi connectivity index (χ0n) is 9.81. The van der Waals surface area contributed by atoms with Crippen LogP contribution in [0.3, 0.4) is 0 Å². The summed E-state index contributed by atoms with van der Waals surface area (Å²) in [6.07, 6.45) is 1.14. The summed E-state index contributed by atoms with van der Waals surface area (Å²) in [4.78, 5) is 22.0. The van der Waals surface area contributed by atoms with Crippen LogP contribution in [0.15, 0.2) is 0 Å². The average Bonchev–Trinajstić information content (AvgIpc) is 2.22. The molecular formula is C11H20O5. The molecule has 16 heavy (non-hydrogen) atoms. The molecule has 0 rings (SSSR count). The summed E-state index contributed by atoms with van der Waals surface area (Å²) >= 11 is 0. The van der Waals surface area contributed by atoms with E-state index in [1.54, 1.807) is 0 Å². The molecular weight excluding hydrogens is 212 g/mol. The zero-order chi connectivity index (χ0) is 12.6. The van der Waals surface area contributed by atoms with Crippen molar-refractivity contribution in [2.24, 2.45) is 5.92 Å². The predicted molar refractivity (Wildman–Crippen MR) is 57.5 cm³/mol. The minimum atomic E-state index is -1.63. The lowest BCUT2D eigenvalue weighted by Gasteiger charge is -2.07. The lowest BCUT2D eigenvalue weighted by atomic mass is 10.1. The fraction of sp³-hybridized carbons (Fsp3) is 0.818. The van der Waals surface area contributed by atoms with E-state index < -0.39 is 24.6 Å². The van der Waals surface area contributed by atoms with Crippen LogP contribution in [0.1, 0.15) is 39.5 Å². The van der Waals surface area contributed by atoms with Crippen molar-refractivity contribution < 1.29 is 24.5 Å². The highest BCUT2D eigenvalue weighted by Gasteiger charge is 2.18. The first-order valence-corrected chi connectivity index (χ1v) is 5.50. The Kier molecular flexibility index (Phi) is 7.76. The third-order valence-electron chi connectivity index (χ3n) is 2.07. The Morgan fingerprint density at radius 2 is 1.88 bits per heavy atom. The first-order valence-electron chi connectivity index (χ1n) is 5.50. The number of carbonyl (C=O) groups is 2. The van der Waals surface area contributed by atoms with Crippen LogP contribution in [-0.4, -0.2) is 34.9 Å². The maximum absolute atomic E-state index is 11.1. The van der Waals surface area contributed by atoms with Gasteiger partial charge in [0.05, 0.1) is 6.61 Å². The molecule has 94 valence electrons. The van der Waals surface area contributed by atoms with Gasteiger partial charge in [0.1, 0.15) is 0 Å². The number of hydrogen-bond donors (Lipinski definition) is 2. The monoisotopic (exact) mass is 232 g/mol. The van der Waals surface area contributed by atoms with Crippen molar-refractivity contribution >= 4 is 11.9 Å². The molecule has 0 aromatic carbocycles. The van der Waals surface area contributed by atoms with E-state index in [9.17, 15) is 9.59 Å². The average molecular weight is 232 g/mol. The molecule has 0 radical (unpaired) electrons. The summed E-state index contributed by atoms with van der Waals surface area (Å²) in [7, 11) is 0. The quantitative estimate of drug-likeness (QED) is 0.382. The fourth-order valence-corrected chi connectivity index (χ4v) is 1.13. The second-order valence-corrected chi connectivity index (χ2v) is 4.13. The second-order valence-electron chi connectivity index (χ2n) is 4.13. The van der Waals surface area contributed by atoms with E-state index in [0.717, 1.165) is 12.8 Å². The Bertz CT molecular complexity index is 224. The fourth-order valence-electron chi connectivity index (χ4n) is 1.13. The summed E-state index contributed by atoms with van der Waals surface area (Å²) in [5.74, 6) is -1.15. The second kappa shape index (κ2) is 8.24. The van der Waals surface area contributed by atoms with Crippen LogP contribution in [-0.2, 0) is 14.3 Å². The van der Waals surface area contributed by atoms with E-state index in [1.165, 1.54) is 0 Å². The molecule has 0 spiro atoms. The van der Waals surface area contributed by atoms with Gasteiger partial charge in [-0.05, 0) is 12.3 Å². The van der Waals surface area contributed by atoms with Gasteiger partial charge in [0, 0.05) is 6.42 Å². The summed E-state index contributed by atoms with van der Waals surface area (Å²) in [5.41, 5.74) is 0. The van der Waals surface area contributed by atoms with E-state index >= 15 is 0 Å². The summed E-state index contributed by atoms with van der Waals surface area (Å²) in [6.45, 7) is 3.46. The smallest absolute Gasteiger partial charge is 0.345 e. The molecule has 1 unspecified atom stereocenters. The molecule has 5 nitrogen and oxygen atoms in total. The molecule has 0 amide bonds. The van der Waals surface area contributed by atoms with Crippen molar-refractivity contribution in [3.05, 3.63) is 0 Å². The molecule has 5 heteroatoms. The van der Waals surface area contributed by atoms with Crippen LogP contribution in [0.25, 0.3) is 0 Å². The topological polar surface area (TPSA) is 83.8 Å². The first kappa shape index (κ1) is 15.1.